The van der Waals surface area contributed by atoms with Crippen LogP contribution in [0, 0.1) is 0 Å². The number of carboxylic acids is 1. The molecule has 0 radical (unpaired) electrons. The third-order valence-corrected chi connectivity index (χ3v) is 3.45. The molecule has 1 aromatic carbocycles. The van der Waals surface area contributed by atoms with E-state index in [9.17, 15) is 9.59 Å². The first-order valence-electron chi connectivity index (χ1n) is 6.18. The van der Waals surface area contributed by atoms with Crippen molar-refractivity contribution < 1.29 is 14.7 Å². The van der Waals surface area contributed by atoms with Gasteiger partial charge in [0.2, 0.25) is 0 Å². The number of pyridine rings is 1. The largest absolute Gasteiger partial charge is 0.478 e. The number of nitrogens with one attached hydrogen (secondary N) is 1. The van der Waals surface area contributed by atoms with Crippen LogP contribution < -0.4 is 5.32 Å². The molecule has 0 unspecified atom stereocenters. The smallest absolute Gasteiger partial charge is 0.337 e. The number of benzene rings is 1. The van der Waals surface area contributed by atoms with Gasteiger partial charge in [-0.05, 0) is 30.0 Å². The Kier molecular flexibility index (Phi) is 4.94. The zero-order valence-corrected chi connectivity index (χ0v) is 12.2. The van der Waals surface area contributed by atoms with Crippen LogP contribution in [0.25, 0.3) is 0 Å². The second kappa shape index (κ2) is 6.90. The summed E-state index contributed by atoms with van der Waals surface area (Å²) in [7, 11) is 0. The number of rotatable bonds is 5. The molecule has 0 aliphatic carbocycles. The first kappa shape index (κ1) is 15.1. The number of aromatic carboxylic acids is 1. The van der Waals surface area contributed by atoms with E-state index >= 15 is 0 Å². The minimum atomic E-state index is -1.11. The number of carbonyl (C=O) groups is 2. The van der Waals surface area contributed by atoms with Crippen LogP contribution in [-0.2, 0) is 5.75 Å². The third kappa shape index (κ3) is 3.82. The molecule has 2 N–H and O–H groups in total. The van der Waals surface area contributed by atoms with Gasteiger partial charge in [-0.3, -0.25) is 9.78 Å². The van der Waals surface area contributed by atoms with Crippen molar-refractivity contribution >= 4 is 29.3 Å². The average Bonchev–Trinajstić information content (AvgIpc) is 2.48. The fraction of sp³-hybridized carbons (Fsp3) is 0.133. The summed E-state index contributed by atoms with van der Waals surface area (Å²) in [5.41, 5.74) is 1.80. The van der Waals surface area contributed by atoms with E-state index in [-0.39, 0.29) is 17.2 Å². The van der Waals surface area contributed by atoms with Gasteiger partial charge in [0.1, 0.15) is 0 Å². The minimum Gasteiger partial charge on any atom is -0.478 e. The quantitative estimate of drug-likeness (QED) is 0.887. The fourth-order valence-corrected chi connectivity index (χ4v) is 2.32. The Hall–Kier alpha value is -2.34. The molecule has 0 atom stereocenters. The van der Waals surface area contributed by atoms with Crippen molar-refractivity contribution in [3.05, 3.63) is 59.4 Å². The lowest BCUT2D eigenvalue weighted by atomic mass is 10.1. The predicted octanol–water partition coefficient (Wildman–Crippen LogP) is 2.90. The van der Waals surface area contributed by atoms with E-state index in [1.54, 1.807) is 23.9 Å². The molecule has 0 saturated heterocycles. The van der Waals surface area contributed by atoms with Gasteiger partial charge in [0.15, 0.2) is 0 Å². The monoisotopic (exact) mass is 302 g/mol. The number of hydrogen-bond donors (Lipinski definition) is 2. The highest BCUT2D eigenvalue weighted by atomic mass is 32.2. The molecule has 1 heterocycles. The number of aromatic nitrogens is 1. The van der Waals surface area contributed by atoms with Gasteiger partial charge in [-0.1, -0.05) is 12.1 Å². The Bertz CT molecular complexity index is 656. The standard InChI is InChI=1S/C15H14N2O3S/c1-21-9-10-2-4-11(5-3-10)14(18)17-13-8-16-7-6-12(13)15(19)20/h2-8H,9H2,1H3,(H,17,18)(H,19,20). The number of anilines is 1. The zero-order chi connectivity index (χ0) is 15.2. The molecule has 0 fully saturated rings. The van der Waals surface area contributed by atoms with Gasteiger partial charge in [0, 0.05) is 17.5 Å². The van der Waals surface area contributed by atoms with Crippen molar-refractivity contribution in [1.82, 2.24) is 4.98 Å². The normalized spacial score (nSPS) is 10.1. The van der Waals surface area contributed by atoms with Crippen LogP contribution in [0.3, 0.4) is 0 Å². The number of carboxylic acid groups (broad SMARTS) is 1. The molecule has 0 spiro atoms. The van der Waals surface area contributed by atoms with Gasteiger partial charge in [-0.2, -0.15) is 11.8 Å². The number of carbonyl (C=O) groups excluding carboxylic acids is 1. The second-order valence-corrected chi connectivity index (χ2v) is 5.18. The average molecular weight is 302 g/mol. The Morgan fingerprint density at radius 1 is 1.24 bits per heavy atom. The fourth-order valence-electron chi connectivity index (χ4n) is 1.79. The Morgan fingerprint density at radius 3 is 2.57 bits per heavy atom. The first-order chi connectivity index (χ1) is 10.1. The minimum absolute atomic E-state index is 0.0114. The van der Waals surface area contributed by atoms with Crippen LogP contribution in [0.15, 0.2) is 42.7 Å². The highest BCUT2D eigenvalue weighted by Gasteiger charge is 2.13. The van der Waals surface area contributed by atoms with E-state index in [1.165, 1.54) is 18.5 Å². The third-order valence-electron chi connectivity index (χ3n) is 2.83. The topological polar surface area (TPSA) is 79.3 Å². The molecule has 1 aromatic heterocycles. The van der Waals surface area contributed by atoms with Gasteiger partial charge >= 0.3 is 5.97 Å². The lowest BCUT2D eigenvalue weighted by Crippen LogP contribution is -2.15. The van der Waals surface area contributed by atoms with E-state index in [0.29, 0.717) is 5.56 Å². The van der Waals surface area contributed by atoms with Gasteiger partial charge in [0.05, 0.1) is 17.4 Å². The summed E-state index contributed by atoms with van der Waals surface area (Å²) in [4.78, 5) is 27.0. The van der Waals surface area contributed by atoms with E-state index in [0.717, 1.165) is 11.3 Å². The second-order valence-electron chi connectivity index (χ2n) is 4.31. The van der Waals surface area contributed by atoms with E-state index < -0.39 is 5.97 Å². The maximum Gasteiger partial charge on any atom is 0.337 e. The van der Waals surface area contributed by atoms with Crippen LogP contribution in [-0.4, -0.2) is 28.2 Å². The summed E-state index contributed by atoms with van der Waals surface area (Å²) in [6.07, 6.45) is 4.70. The van der Waals surface area contributed by atoms with E-state index in [4.69, 9.17) is 5.11 Å². The SMILES string of the molecule is CSCc1ccc(C(=O)Nc2cnccc2C(=O)O)cc1. The lowest BCUT2D eigenvalue weighted by Gasteiger charge is -2.08. The Balaban J connectivity index is 2.16. The lowest BCUT2D eigenvalue weighted by molar-refractivity contribution is 0.0698. The molecule has 0 bridgehead atoms. The first-order valence-corrected chi connectivity index (χ1v) is 7.57. The molecular weight excluding hydrogens is 288 g/mol. The number of hydrogen-bond acceptors (Lipinski definition) is 4. The Labute approximate surface area is 126 Å². The molecule has 0 aliphatic rings. The summed E-state index contributed by atoms with van der Waals surface area (Å²) >= 11 is 1.70. The van der Waals surface area contributed by atoms with Gasteiger partial charge < -0.3 is 10.4 Å². The molecular formula is C15H14N2O3S. The van der Waals surface area contributed by atoms with Gasteiger partial charge in [0.25, 0.3) is 5.91 Å². The highest BCUT2D eigenvalue weighted by molar-refractivity contribution is 7.97. The molecule has 6 heteroatoms. The number of amides is 1. The molecule has 1 amide bonds. The van der Waals surface area contributed by atoms with E-state index in [1.807, 2.05) is 18.4 Å². The van der Waals surface area contributed by atoms with E-state index in [2.05, 4.69) is 10.3 Å². The highest BCUT2D eigenvalue weighted by Crippen LogP contribution is 2.16. The molecule has 2 aromatic rings. The summed E-state index contributed by atoms with van der Waals surface area (Å²) < 4.78 is 0. The molecule has 0 aliphatic heterocycles. The Morgan fingerprint density at radius 2 is 1.95 bits per heavy atom. The maximum atomic E-state index is 12.1. The summed E-state index contributed by atoms with van der Waals surface area (Å²) in [6, 6.07) is 8.55. The molecule has 2 rings (SSSR count). The van der Waals surface area contributed by atoms with Crippen molar-refractivity contribution in [2.24, 2.45) is 0 Å². The molecule has 108 valence electrons. The molecule has 5 nitrogen and oxygen atoms in total. The molecule has 0 saturated carbocycles. The summed E-state index contributed by atoms with van der Waals surface area (Å²) in [5.74, 6) is -0.586. The number of nitrogens with zero attached hydrogens (tertiary/aromatic N) is 1. The van der Waals surface area contributed by atoms with Gasteiger partial charge in [-0.25, -0.2) is 4.79 Å². The van der Waals surface area contributed by atoms with Gasteiger partial charge in [-0.15, -0.1) is 0 Å². The predicted molar refractivity (Wildman–Crippen MR) is 82.8 cm³/mol. The van der Waals surface area contributed by atoms with Crippen molar-refractivity contribution in [3.63, 3.8) is 0 Å². The van der Waals surface area contributed by atoms with Crippen LogP contribution >= 0.6 is 11.8 Å². The van der Waals surface area contributed by atoms with Crippen LogP contribution in [0.5, 0.6) is 0 Å². The van der Waals surface area contributed by atoms with Crippen LogP contribution in [0.4, 0.5) is 5.69 Å². The zero-order valence-electron chi connectivity index (χ0n) is 11.4. The van der Waals surface area contributed by atoms with Crippen LogP contribution in [0.2, 0.25) is 0 Å². The van der Waals surface area contributed by atoms with Crippen molar-refractivity contribution in [3.8, 4) is 0 Å². The van der Waals surface area contributed by atoms with Crippen LogP contribution in [0.1, 0.15) is 26.3 Å². The molecule has 21 heavy (non-hydrogen) atoms. The number of thioether (sulfide) groups is 1. The van der Waals surface area contributed by atoms with Crippen molar-refractivity contribution in [2.75, 3.05) is 11.6 Å². The van der Waals surface area contributed by atoms with Crippen molar-refractivity contribution in [2.45, 2.75) is 5.75 Å². The summed E-state index contributed by atoms with van der Waals surface area (Å²) in [5, 5.41) is 11.6. The van der Waals surface area contributed by atoms with Crippen molar-refractivity contribution in [1.29, 1.82) is 0 Å². The maximum absolute atomic E-state index is 12.1. The summed E-state index contributed by atoms with van der Waals surface area (Å²) in [6.45, 7) is 0.